The average Bonchev–Trinajstić information content (AvgIpc) is 2.38. The molecule has 0 amide bonds. The predicted molar refractivity (Wildman–Crippen MR) is 77.5 cm³/mol. The summed E-state index contributed by atoms with van der Waals surface area (Å²) in [5.74, 6) is -0.242. The Labute approximate surface area is 121 Å². The number of hydrogen-bond donors (Lipinski definition) is 0. The fourth-order valence-electron chi connectivity index (χ4n) is 1.69. The van der Waals surface area contributed by atoms with Crippen molar-refractivity contribution in [1.82, 2.24) is 0 Å². The van der Waals surface area contributed by atoms with Gasteiger partial charge in [-0.15, -0.1) is 0 Å². The van der Waals surface area contributed by atoms with Gasteiger partial charge in [0.15, 0.2) is 0 Å². The van der Waals surface area contributed by atoms with Crippen LogP contribution in [0.2, 0.25) is 0 Å². The topological polar surface area (TPSA) is 44.8 Å². The van der Waals surface area contributed by atoms with Crippen LogP contribution in [0.15, 0.2) is 24.3 Å². The smallest absolute Gasteiger partial charge is 0.309 e. The van der Waals surface area contributed by atoms with Gasteiger partial charge in [-0.05, 0) is 31.9 Å². The van der Waals surface area contributed by atoms with Crippen molar-refractivity contribution in [1.29, 1.82) is 0 Å². The van der Waals surface area contributed by atoms with Crippen molar-refractivity contribution in [2.75, 3.05) is 20.3 Å². The van der Waals surface area contributed by atoms with Gasteiger partial charge >= 0.3 is 5.97 Å². The van der Waals surface area contributed by atoms with Crippen LogP contribution in [0, 0.1) is 0 Å². The third-order valence-electron chi connectivity index (χ3n) is 2.70. The van der Waals surface area contributed by atoms with Gasteiger partial charge in [0.1, 0.15) is 0 Å². The minimum atomic E-state index is -0.242. The fourth-order valence-corrected chi connectivity index (χ4v) is 1.69. The quantitative estimate of drug-likeness (QED) is 0.569. The lowest BCUT2D eigenvalue weighted by Gasteiger charge is -2.19. The van der Waals surface area contributed by atoms with E-state index in [1.165, 1.54) is 7.11 Å². The third kappa shape index (κ3) is 6.68. The predicted octanol–water partition coefficient (Wildman–Crippen LogP) is 2.73. The first-order valence-electron chi connectivity index (χ1n) is 6.77. The number of carbonyl (C=O) groups is 1. The van der Waals surface area contributed by atoms with E-state index in [0.29, 0.717) is 19.8 Å². The van der Waals surface area contributed by atoms with Crippen molar-refractivity contribution in [3.05, 3.63) is 35.4 Å². The molecular formula is C16H24O4. The molecule has 1 aromatic carbocycles. The van der Waals surface area contributed by atoms with Crippen LogP contribution in [0.1, 0.15) is 31.9 Å². The van der Waals surface area contributed by atoms with Crippen molar-refractivity contribution < 1.29 is 19.0 Å². The maximum Gasteiger partial charge on any atom is 0.309 e. The van der Waals surface area contributed by atoms with Crippen molar-refractivity contribution in [3.63, 3.8) is 0 Å². The minimum absolute atomic E-state index is 0.147. The van der Waals surface area contributed by atoms with Crippen molar-refractivity contribution in [3.8, 4) is 0 Å². The fraction of sp³-hybridized carbons (Fsp3) is 0.562. The van der Waals surface area contributed by atoms with Gasteiger partial charge in [0.2, 0.25) is 0 Å². The lowest BCUT2D eigenvalue weighted by atomic mass is 10.1. The van der Waals surface area contributed by atoms with Crippen LogP contribution in [0.5, 0.6) is 0 Å². The van der Waals surface area contributed by atoms with E-state index in [0.717, 1.165) is 11.1 Å². The Bertz CT molecular complexity index is 421. The van der Waals surface area contributed by atoms with Gasteiger partial charge in [0, 0.05) is 0 Å². The first-order chi connectivity index (χ1) is 9.42. The Kier molecular flexibility index (Phi) is 6.68. The Morgan fingerprint density at radius 3 is 2.35 bits per heavy atom. The summed E-state index contributed by atoms with van der Waals surface area (Å²) in [4.78, 5) is 11.3. The van der Waals surface area contributed by atoms with Crippen molar-refractivity contribution in [2.24, 2.45) is 0 Å². The molecular weight excluding hydrogens is 256 g/mol. The van der Waals surface area contributed by atoms with Gasteiger partial charge < -0.3 is 14.2 Å². The average molecular weight is 280 g/mol. The highest BCUT2D eigenvalue weighted by Gasteiger charge is 2.10. The van der Waals surface area contributed by atoms with Gasteiger partial charge in [-0.1, -0.05) is 24.3 Å². The zero-order chi connectivity index (χ0) is 15.0. The van der Waals surface area contributed by atoms with Crippen molar-refractivity contribution in [2.45, 2.75) is 39.4 Å². The first kappa shape index (κ1) is 16.7. The molecule has 112 valence electrons. The molecule has 1 aromatic rings. The molecule has 0 unspecified atom stereocenters. The molecule has 0 saturated heterocycles. The summed E-state index contributed by atoms with van der Waals surface area (Å²) < 4.78 is 15.9. The largest absolute Gasteiger partial charge is 0.469 e. The number of esters is 1. The third-order valence-corrected chi connectivity index (χ3v) is 2.70. The van der Waals surface area contributed by atoms with E-state index in [1.54, 1.807) is 0 Å². The second-order valence-corrected chi connectivity index (χ2v) is 5.54. The zero-order valence-corrected chi connectivity index (χ0v) is 12.8. The molecule has 0 aliphatic carbocycles. The van der Waals surface area contributed by atoms with Gasteiger partial charge in [0.05, 0.1) is 39.0 Å². The summed E-state index contributed by atoms with van der Waals surface area (Å²) in [5.41, 5.74) is 1.80. The van der Waals surface area contributed by atoms with Crippen LogP contribution in [-0.2, 0) is 32.0 Å². The molecule has 0 fully saturated rings. The maximum atomic E-state index is 11.3. The lowest BCUT2D eigenvalue weighted by molar-refractivity contribution is -0.139. The number of ether oxygens (including phenoxy) is 3. The Balaban J connectivity index is 2.41. The van der Waals surface area contributed by atoms with Crippen LogP contribution >= 0.6 is 0 Å². The highest BCUT2D eigenvalue weighted by Crippen LogP contribution is 2.12. The number of benzene rings is 1. The molecule has 0 aromatic heterocycles. The molecule has 20 heavy (non-hydrogen) atoms. The van der Waals surface area contributed by atoms with Gasteiger partial charge in [-0.3, -0.25) is 4.79 Å². The van der Waals surface area contributed by atoms with Crippen LogP contribution in [0.3, 0.4) is 0 Å². The summed E-state index contributed by atoms with van der Waals surface area (Å²) in [6.07, 6.45) is 0.272. The van der Waals surface area contributed by atoms with Crippen LogP contribution in [0.25, 0.3) is 0 Å². The molecule has 4 nitrogen and oxygen atoms in total. The molecule has 0 aliphatic heterocycles. The highest BCUT2D eigenvalue weighted by atomic mass is 16.5. The number of carbonyl (C=O) groups excluding carboxylic acids is 1. The Morgan fingerprint density at radius 2 is 1.75 bits per heavy atom. The van der Waals surface area contributed by atoms with E-state index in [1.807, 2.05) is 45.0 Å². The summed E-state index contributed by atoms with van der Waals surface area (Å²) in [5, 5.41) is 0. The molecule has 0 bridgehead atoms. The minimum Gasteiger partial charge on any atom is -0.469 e. The molecule has 4 heteroatoms. The summed E-state index contributed by atoms with van der Waals surface area (Å²) >= 11 is 0. The summed E-state index contributed by atoms with van der Waals surface area (Å²) in [7, 11) is 1.39. The normalized spacial score (nSPS) is 11.4. The highest BCUT2D eigenvalue weighted by molar-refractivity contribution is 5.72. The summed E-state index contributed by atoms with van der Waals surface area (Å²) in [6.45, 7) is 7.60. The molecule has 0 spiro atoms. The standard InChI is InChI=1S/C16H24O4/c1-16(2,3)20-10-9-19-12-14-8-6-5-7-13(14)11-15(17)18-4/h5-8H,9-12H2,1-4H3. The Hall–Kier alpha value is -1.39. The van der Waals surface area contributed by atoms with E-state index < -0.39 is 0 Å². The Morgan fingerprint density at radius 1 is 1.10 bits per heavy atom. The second-order valence-electron chi connectivity index (χ2n) is 5.54. The molecule has 1 rings (SSSR count). The molecule has 0 heterocycles. The van der Waals surface area contributed by atoms with Gasteiger partial charge in [-0.25, -0.2) is 0 Å². The number of rotatable bonds is 7. The van der Waals surface area contributed by atoms with E-state index in [9.17, 15) is 4.79 Å². The van der Waals surface area contributed by atoms with Crippen LogP contribution < -0.4 is 0 Å². The maximum absolute atomic E-state index is 11.3. The first-order valence-corrected chi connectivity index (χ1v) is 6.77. The van der Waals surface area contributed by atoms with Crippen molar-refractivity contribution >= 4 is 5.97 Å². The SMILES string of the molecule is COC(=O)Cc1ccccc1COCCOC(C)(C)C. The molecule has 0 saturated carbocycles. The second kappa shape index (κ2) is 8.02. The molecule has 0 aliphatic rings. The molecule has 0 radical (unpaired) electrons. The zero-order valence-electron chi connectivity index (χ0n) is 12.8. The van der Waals surface area contributed by atoms with E-state index in [2.05, 4.69) is 4.74 Å². The number of hydrogen-bond acceptors (Lipinski definition) is 4. The monoisotopic (exact) mass is 280 g/mol. The molecule has 0 N–H and O–H groups in total. The van der Waals surface area contributed by atoms with Crippen LogP contribution in [0.4, 0.5) is 0 Å². The number of methoxy groups -OCH3 is 1. The lowest BCUT2D eigenvalue weighted by Crippen LogP contribution is -2.21. The summed E-state index contributed by atoms with van der Waals surface area (Å²) in [6, 6.07) is 7.72. The van der Waals surface area contributed by atoms with E-state index >= 15 is 0 Å². The van der Waals surface area contributed by atoms with E-state index in [4.69, 9.17) is 9.47 Å². The molecule has 0 atom stereocenters. The van der Waals surface area contributed by atoms with Gasteiger partial charge in [0.25, 0.3) is 0 Å². The van der Waals surface area contributed by atoms with Gasteiger partial charge in [-0.2, -0.15) is 0 Å². The van der Waals surface area contributed by atoms with Crippen LogP contribution in [-0.4, -0.2) is 31.9 Å². The van der Waals surface area contributed by atoms with E-state index in [-0.39, 0.29) is 18.0 Å².